The number of esters is 1. The van der Waals surface area contributed by atoms with E-state index in [4.69, 9.17) is 4.74 Å². The van der Waals surface area contributed by atoms with Crippen molar-refractivity contribution in [1.82, 2.24) is 10.4 Å². The van der Waals surface area contributed by atoms with Crippen molar-refractivity contribution >= 4 is 11.9 Å². The van der Waals surface area contributed by atoms with Gasteiger partial charge in [0.25, 0.3) is 0 Å². The molecule has 1 aromatic carbocycles. The summed E-state index contributed by atoms with van der Waals surface area (Å²) in [6, 6.07) is 9.20. The molecule has 1 aliphatic heterocycles. The molecule has 5 heteroatoms. The Balaban J connectivity index is 2.06. The molecule has 1 aromatic rings. The fourth-order valence-corrected chi connectivity index (χ4v) is 2.42. The molecule has 22 heavy (non-hydrogen) atoms. The van der Waals surface area contributed by atoms with E-state index in [0.29, 0.717) is 13.0 Å². The lowest BCUT2D eigenvalue weighted by molar-refractivity contribution is -0.165. The Kier molecular flexibility index (Phi) is 4.86. The summed E-state index contributed by atoms with van der Waals surface area (Å²) in [5.74, 6) is -0.406. The highest BCUT2D eigenvalue weighted by atomic mass is 16.6. The third kappa shape index (κ3) is 4.31. The van der Waals surface area contributed by atoms with Crippen LogP contribution >= 0.6 is 0 Å². The van der Waals surface area contributed by atoms with Gasteiger partial charge in [0.15, 0.2) is 0 Å². The predicted octanol–water partition coefficient (Wildman–Crippen LogP) is 2.27. The number of hydrazine groups is 1. The number of carbonyl (C=O) groups is 2. The number of amides is 1. The molecule has 1 N–H and O–H groups in total. The maximum Gasteiger partial charge on any atom is 0.325 e. The largest absolute Gasteiger partial charge is 0.459 e. The summed E-state index contributed by atoms with van der Waals surface area (Å²) in [6.45, 7) is 7.84. The van der Waals surface area contributed by atoms with Gasteiger partial charge in [-0.1, -0.05) is 37.3 Å². The SMILES string of the molecule is C[C@H]1CC(=O)N(Cc2ccccc2)N[C@H]1C(=O)OC(C)(C)C. The summed E-state index contributed by atoms with van der Waals surface area (Å²) in [5, 5.41) is 1.52. The zero-order valence-electron chi connectivity index (χ0n) is 13.6. The number of ether oxygens (including phenoxy) is 1. The molecule has 2 rings (SSSR count). The van der Waals surface area contributed by atoms with Crippen LogP contribution in [0.15, 0.2) is 30.3 Å². The van der Waals surface area contributed by atoms with Gasteiger partial charge in [-0.25, -0.2) is 5.43 Å². The summed E-state index contributed by atoms with van der Waals surface area (Å²) < 4.78 is 5.44. The number of nitrogens with zero attached hydrogens (tertiary/aromatic N) is 1. The summed E-state index contributed by atoms with van der Waals surface area (Å²) in [5.41, 5.74) is 3.51. The normalized spacial score (nSPS) is 22.5. The second-order valence-corrected chi connectivity index (χ2v) is 6.79. The van der Waals surface area contributed by atoms with E-state index in [9.17, 15) is 9.59 Å². The summed E-state index contributed by atoms with van der Waals surface area (Å²) in [4.78, 5) is 24.5. The molecule has 5 nitrogen and oxygen atoms in total. The van der Waals surface area contributed by atoms with Crippen LogP contribution in [0.5, 0.6) is 0 Å². The van der Waals surface area contributed by atoms with Gasteiger partial charge in [0.05, 0.1) is 6.54 Å². The van der Waals surface area contributed by atoms with Gasteiger partial charge in [0.2, 0.25) is 5.91 Å². The van der Waals surface area contributed by atoms with Gasteiger partial charge < -0.3 is 4.74 Å². The minimum absolute atomic E-state index is 0.00355. The van der Waals surface area contributed by atoms with Gasteiger partial charge in [0.1, 0.15) is 11.6 Å². The van der Waals surface area contributed by atoms with Gasteiger partial charge >= 0.3 is 5.97 Å². The monoisotopic (exact) mass is 304 g/mol. The highest BCUT2D eigenvalue weighted by molar-refractivity contribution is 5.82. The summed E-state index contributed by atoms with van der Waals surface area (Å²) in [7, 11) is 0. The van der Waals surface area contributed by atoms with Gasteiger partial charge in [0, 0.05) is 6.42 Å². The van der Waals surface area contributed by atoms with Crippen molar-refractivity contribution in [3.63, 3.8) is 0 Å². The molecule has 0 saturated carbocycles. The van der Waals surface area contributed by atoms with E-state index in [0.717, 1.165) is 5.56 Å². The van der Waals surface area contributed by atoms with Gasteiger partial charge in [-0.05, 0) is 32.3 Å². The van der Waals surface area contributed by atoms with E-state index >= 15 is 0 Å². The first-order valence-electron chi connectivity index (χ1n) is 7.59. The molecule has 0 unspecified atom stereocenters. The third-order valence-corrected chi connectivity index (χ3v) is 3.51. The zero-order chi connectivity index (χ0) is 16.3. The molecule has 1 amide bonds. The van der Waals surface area contributed by atoms with Crippen molar-refractivity contribution in [1.29, 1.82) is 0 Å². The highest BCUT2D eigenvalue weighted by Gasteiger charge is 2.37. The van der Waals surface area contributed by atoms with Crippen LogP contribution in [0, 0.1) is 5.92 Å². The Morgan fingerprint density at radius 1 is 1.32 bits per heavy atom. The second-order valence-electron chi connectivity index (χ2n) is 6.79. The van der Waals surface area contributed by atoms with Crippen LogP contribution in [-0.2, 0) is 20.9 Å². The lowest BCUT2D eigenvalue weighted by atomic mass is 9.95. The van der Waals surface area contributed by atoms with Crippen LogP contribution in [0.25, 0.3) is 0 Å². The van der Waals surface area contributed by atoms with Gasteiger partial charge in [-0.15, -0.1) is 0 Å². The number of rotatable bonds is 3. The average molecular weight is 304 g/mol. The van der Waals surface area contributed by atoms with Crippen molar-refractivity contribution in [2.45, 2.75) is 52.3 Å². The lowest BCUT2D eigenvalue weighted by Gasteiger charge is -2.37. The fraction of sp³-hybridized carbons (Fsp3) is 0.529. The Morgan fingerprint density at radius 2 is 1.95 bits per heavy atom. The number of hydrogen-bond acceptors (Lipinski definition) is 4. The molecular formula is C17H24N2O3. The quantitative estimate of drug-likeness (QED) is 0.870. The van der Waals surface area contributed by atoms with Gasteiger partial charge in [-0.2, -0.15) is 0 Å². The Labute approximate surface area is 131 Å². The van der Waals surface area contributed by atoms with Crippen molar-refractivity contribution in [2.75, 3.05) is 0 Å². The Bertz CT molecular complexity index is 537. The number of hydrogen-bond donors (Lipinski definition) is 1. The van der Waals surface area contributed by atoms with E-state index in [1.807, 2.05) is 58.0 Å². The van der Waals surface area contributed by atoms with Crippen LogP contribution in [0.3, 0.4) is 0 Å². The van der Waals surface area contributed by atoms with Crippen LogP contribution < -0.4 is 5.43 Å². The molecule has 0 aliphatic carbocycles. The van der Waals surface area contributed by atoms with E-state index < -0.39 is 11.6 Å². The molecule has 0 spiro atoms. The molecule has 1 fully saturated rings. The fourth-order valence-electron chi connectivity index (χ4n) is 2.42. The molecule has 0 aromatic heterocycles. The van der Waals surface area contributed by atoms with Crippen molar-refractivity contribution in [3.05, 3.63) is 35.9 Å². The van der Waals surface area contributed by atoms with E-state index in [1.165, 1.54) is 5.01 Å². The van der Waals surface area contributed by atoms with E-state index in [2.05, 4.69) is 5.43 Å². The first-order valence-corrected chi connectivity index (χ1v) is 7.59. The summed E-state index contributed by atoms with van der Waals surface area (Å²) >= 11 is 0. The second kappa shape index (κ2) is 6.48. The number of benzene rings is 1. The maximum absolute atomic E-state index is 12.3. The van der Waals surface area contributed by atoms with Crippen molar-refractivity contribution in [3.8, 4) is 0 Å². The Morgan fingerprint density at radius 3 is 2.55 bits per heavy atom. The number of nitrogens with one attached hydrogen (secondary N) is 1. The first-order chi connectivity index (χ1) is 10.3. The molecule has 1 saturated heterocycles. The maximum atomic E-state index is 12.3. The van der Waals surface area contributed by atoms with Gasteiger partial charge in [-0.3, -0.25) is 14.6 Å². The van der Waals surface area contributed by atoms with E-state index in [1.54, 1.807) is 0 Å². The zero-order valence-corrected chi connectivity index (χ0v) is 13.6. The lowest BCUT2D eigenvalue weighted by Crippen LogP contribution is -2.59. The highest BCUT2D eigenvalue weighted by Crippen LogP contribution is 2.21. The standard InChI is InChI=1S/C17H24N2O3/c1-12-10-14(20)19(11-13-8-6-5-7-9-13)18-15(12)16(21)22-17(2,3)4/h5-9,12,15,18H,10-11H2,1-4H3/t12-,15+/m0/s1. The van der Waals surface area contributed by atoms with Crippen molar-refractivity contribution in [2.24, 2.45) is 5.92 Å². The predicted molar refractivity (Wildman–Crippen MR) is 83.5 cm³/mol. The third-order valence-electron chi connectivity index (χ3n) is 3.51. The minimum Gasteiger partial charge on any atom is -0.459 e. The molecule has 1 heterocycles. The first kappa shape index (κ1) is 16.5. The van der Waals surface area contributed by atoms with Crippen LogP contribution in [0.4, 0.5) is 0 Å². The molecule has 120 valence electrons. The Hall–Kier alpha value is -1.88. The smallest absolute Gasteiger partial charge is 0.325 e. The average Bonchev–Trinajstić information content (AvgIpc) is 2.41. The van der Waals surface area contributed by atoms with Crippen molar-refractivity contribution < 1.29 is 14.3 Å². The summed E-state index contributed by atoms with van der Waals surface area (Å²) in [6.07, 6.45) is 0.337. The molecule has 2 atom stereocenters. The topological polar surface area (TPSA) is 58.6 Å². The number of carbonyl (C=O) groups excluding carboxylic acids is 2. The van der Waals surface area contributed by atoms with E-state index in [-0.39, 0.29) is 17.8 Å². The molecular weight excluding hydrogens is 280 g/mol. The molecule has 1 aliphatic rings. The van der Waals surface area contributed by atoms with Crippen LogP contribution in [0.2, 0.25) is 0 Å². The minimum atomic E-state index is -0.538. The molecule has 0 radical (unpaired) electrons. The molecule has 0 bridgehead atoms. The van der Waals surface area contributed by atoms with Crippen LogP contribution in [0.1, 0.15) is 39.7 Å². The van der Waals surface area contributed by atoms with Crippen LogP contribution in [-0.4, -0.2) is 28.5 Å².